The highest BCUT2D eigenvalue weighted by molar-refractivity contribution is 9.10. The highest BCUT2D eigenvalue weighted by atomic mass is 79.9. The standard InChI is InChI=1S/C16H10BrF3N6/c1-9-5-13(16(18,19)20)25-26(9)14-12(17)8-22-15(24-14)23-11-4-2-3-10(6-11)7-21/h2-6,8H,1H3,(H,22,23,24). The Bertz CT molecular complexity index is 1010. The Hall–Kier alpha value is -2.93. The van der Waals surface area contributed by atoms with Gasteiger partial charge < -0.3 is 5.32 Å². The first kappa shape index (κ1) is 17.9. The second-order valence-electron chi connectivity index (χ2n) is 5.26. The molecule has 0 fully saturated rings. The first-order valence-corrected chi connectivity index (χ1v) is 8.01. The average molecular weight is 423 g/mol. The molecule has 132 valence electrons. The lowest BCUT2D eigenvalue weighted by molar-refractivity contribution is -0.141. The van der Waals surface area contributed by atoms with Gasteiger partial charge in [0, 0.05) is 17.6 Å². The smallest absolute Gasteiger partial charge is 0.324 e. The molecule has 2 heterocycles. The van der Waals surface area contributed by atoms with E-state index in [9.17, 15) is 13.2 Å². The second-order valence-corrected chi connectivity index (χ2v) is 6.12. The van der Waals surface area contributed by atoms with E-state index in [-0.39, 0.29) is 17.5 Å². The van der Waals surface area contributed by atoms with Crippen molar-refractivity contribution in [3.63, 3.8) is 0 Å². The Morgan fingerprint density at radius 1 is 1.27 bits per heavy atom. The summed E-state index contributed by atoms with van der Waals surface area (Å²) in [5, 5.41) is 15.4. The second kappa shape index (κ2) is 6.76. The topological polar surface area (TPSA) is 79.4 Å². The Kier molecular flexibility index (Phi) is 4.65. The quantitative estimate of drug-likeness (QED) is 0.677. The van der Waals surface area contributed by atoms with Gasteiger partial charge in [-0.2, -0.15) is 28.5 Å². The third-order valence-electron chi connectivity index (χ3n) is 3.35. The van der Waals surface area contributed by atoms with Crippen LogP contribution in [0.2, 0.25) is 0 Å². The van der Waals surface area contributed by atoms with Gasteiger partial charge in [0.05, 0.1) is 16.1 Å². The fourth-order valence-corrected chi connectivity index (χ4v) is 2.55. The van der Waals surface area contributed by atoms with Gasteiger partial charge in [0.15, 0.2) is 11.5 Å². The molecule has 0 unspecified atom stereocenters. The molecule has 0 saturated heterocycles. The Morgan fingerprint density at radius 2 is 2.04 bits per heavy atom. The summed E-state index contributed by atoms with van der Waals surface area (Å²) in [5.74, 6) is 0.314. The van der Waals surface area contributed by atoms with Gasteiger partial charge in [-0.1, -0.05) is 6.07 Å². The molecule has 0 aliphatic heterocycles. The summed E-state index contributed by atoms with van der Waals surface area (Å²) in [5.41, 5.74) is 0.293. The summed E-state index contributed by atoms with van der Waals surface area (Å²) in [6.45, 7) is 1.50. The summed E-state index contributed by atoms with van der Waals surface area (Å²) in [6, 6.07) is 9.61. The van der Waals surface area contributed by atoms with Gasteiger partial charge in [0.2, 0.25) is 5.95 Å². The minimum absolute atomic E-state index is 0.154. The highest BCUT2D eigenvalue weighted by Gasteiger charge is 2.34. The van der Waals surface area contributed by atoms with Gasteiger partial charge in [-0.05, 0) is 47.1 Å². The van der Waals surface area contributed by atoms with Gasteiger partial charge in [0.25, 0.3) is 0 Å². The van der Waals surface area contributed by atoms with E-state index in [1.54, 1.807) is 24.3 Å². The molecule has 0 bridgehead atoms. The Labute approximate surface area is 154 Å². The predicted octanol–water partition coefficient (Wildman–Crippen LogP) is 4.37. The van der Waals surface area contributed by atoms with Crippen molar-refractivity contribution >= 4 is 27.6 Å². The maximum Gasteiger partial charge on any atom is 0.435 e. The van der Waals surface area contributed by atoms with E-state index in [4.69, 9.17) is 5.26 Å². The van der Waals surface area contributed by atoms with Crippen LogP contribution >= 0.6 is 15.9 Å². The molecular weight excluding hydrogens is 413 g/mol. The van der Waals surface area contributed by atoms with Gasteiger partial charge in [-0.15, -0.1) is 0 Å². The zero-order chi connectivity index (χ0) is 18.9. The summed E-state index contributed by atoms with van der Waals surface area (Å²) in [6.07, 6.45) is -3.14. The van der Waals surface area contributed by atoms with Crippen LogP contribution in [0.5, 0.6) is 0 Å². The molecule has 0 amide bonds. The lowest BCUT2D eigenvalue weighted by Crippen LogP contribution is -2.10. The van der Waals surface area contributed by atoms with Crippen LogP contribution in [0.4, 0.5) is 24.8 Å². The largest absolute Gasteiger partial charge is 0.435 e. The molecule has 26 heavy (non-hydrogen) atoms. The number of anilines is 2. The van der Waals surface area contributed by atoms with Crippen molar-refractivity contribution in [2.45, 2.75) is 13.1 Å². The van der Waals surface area contributed by atoms with E-state index >= 15 is 0 Å². The molecule has 1 aromatic carbocycles. The average Bonchev–Trinajstić information content (AvgIpc) is 2.99. The molecule has 0 saturated carbocycles. The Balaban J connectivity index is 1.98. The van der Waals surface area contributed by atoms with Gasteiger partial charge in [0.1, 0.15) is 0 Å². The van der Waals surface area contributed by atoms with Crippen molar-refractivity contribution < 1.29 is 13.2 Å². The normalized spacial score (nSPS) is 11.2. The maximum absolute atomic E-state index is 12.9. The van der Waals surface area contributed by atoms with E-state index in [0.29, 0.717) is 15.7 Å². The first-order chi connectivity index (χ1) is 12.3. The van der Waals surface area contributed by atoms with Crippen LogP contribution in [0.1, 0.15) is 17.0 Å². The molecule has 1 N–H and O–H groups in total. The van der Waals surface area contributed by atoms with Gasteiger partial charge in [-0.3, -0.25) is 0 Å². The van der Waals surface area contributed by atoms with Crippen molar-refractivity contribution in [3.05, 3.63) is 58.0 Å². The number of nitrogens with one attached hydrogen (secondary N) is 1. The van der Waals surface area contributed by atoms with Gasteiger partial charge in [-0.25, -0.2) is 9.67 Å². The summed E-state index contributed by atoms with van der Waals surface area (Å²) >= 11 is 3.23. The van der Waals surface area contributed by atoms with Crippen LogP contribution in [0, 0.1) is 18.3 Å². The molecule has 3 rings (SSSR count). The van der Waals surface area contributed by atoms with E-state index < -0.39 is 11.9 Å². The fourth-order valence-electron chi connectivity index (χ4n) is 2.19. The third kappa shape index (κ3) is 3.67. The summed E-state index contributed by atoms with van der Waals surface area (Å²) in [4.78, 5) is 8.32. The van der Waals surface area contributed by atoms with E-state index in [1.807, 2.05) is 6.07 Å². The van der Waals surface area contributed by atoms with E-state index in [1.165, 1.54) is 13.1 Å². The molecule has 0 atom stereocenters. The first-order valence-electron chi connectivity index (χ1n) is 7.22. The lowest BCUT2D eigenvalue weighted by atomic mass is 10.2. The number of nitriles is 1. The van der Waals surface area contributed by atoms with Crippen molar-refractivity contribution in [3.8, 4) is 11.9 Å². The minimum Gasteiger partial charge on any atom is -0.324 e. The predicted molar refractivity (Wildman–Crippen MR) is 91.0 cm³/mol. The van der Waals surface area contributed by atoms with Gasteiger partial charge >= 0.3 is 6.18 Å². The number of halogens is 4. The van der Waals surface area contributed by atoms with Crippen LogP contribution in [-0.4, -0.2) is 19.7 Å². The maximum atomic E-state index is 12.9. The number of benzene rings is 1. The van der Waals surface area contributed by atoms with Crippen LogP contribution < -0.4 is 5.32 Å². The van der Waals surface area contributed by atoms with Crippen LogP contribution in [0.3, 0.4) is 0 Å². The molecule has 2 aromatic heterocycles. The fraction of sp³-hybridized carbons (Fsp3) is 0.125. The number of nitrogens with zero attached hydrogens (tertiary/aromatic N) is 5. The molecule has 3 aromatic rings. The number of alkyl halides is 3. The van der Waals surface area contributed by atoms with Crippen LogP contribution in [0.15, 0.2) is 41.0 Å². The molecule has 10 heteroatoms. The summed E-state index contributed by atoms with van der Waals surface area (Å²) in [7, 11) is 0. The molecule has 0 aliphatic rings. The number of hydrogen-bond donors (Lipinski definition) is 1. The van der Waals surface area contributed by atoms with E-state index in [0.717, 1.165) is 10.7 Å². The monoisotopic (exact) mass is 422 g/mol. The Morgan fingerprint density at radius 3 is 2.69 bits per heavy atom. The molecular formula is C16H10BrF3N6. The van der Waals surface area contributed by atoms with Crippen LogP contribution in [-0.2, 0) is 6.18 Å². The number of aromatic nitrogens is 4. The zero-order valence-corrected chi connectivity index (χ0v) is 14.8. The lowest BCUT2D eigenvalue weighted by Gasteiger charge is -2.10. The van der Waals surface area contributed by atoms with E-state index in [2.05, 4.69) is 36.3 Å². The zero-order valence-electron chi connectivity index (χ0n) is 13.2. The van der Waals surface area contributed by atoms with Crippen molar-refractivity contribution in [1.29, 1.82) is 5.26 Å². The number of rotatable bonds is 3. The highest BCUT2D eigenvalue weighted by Crippen LogP contribution is 2.30. The van der Waals surface area contributed by atoms with Crippen molar-refractivity contribution in [1.82, 2.24) is 19.7 Å². The molecule has 0 radical (unpaired) electrons. The summed E-state index contributed by atoms with van der Waals surface area (Å²) < 4.78 is 40.1. The molecule has 6 nitrogen and oxygen atoms in total. The SMILES string of the molecule is Cc1cc(C(F)(F)F)nn1-c1nc(Nc2cccc(C#N)c2)ncc1Br. The third-order valence-corrected chi connectivity index (χ3v) is 3.91. The van der Waals surface area contributed by atoms with Crippen molar-refractivity contribution in [2.24, 2.45) is 0 Å². The van der Waals surface area contributed by atoms with Crippen LogP contribution in [0.25, 0.3) is 5.82 Å². The minimum atomic E-state index is -4.55. The molecule has 0 spiro atoms. The van der Waals surface area contributed by atoms with Crippen molar-refractivity contribution in [2.75, 3.05) is 5.32 Å². The molecule has 0 aliphatic carbocycles. The number of hydrogen-bond acceptors (Lipinski definition) is 5. The number of aryl methyl sites for hydroxylation is 1.